The summed E-state index contributed by atoms with van der Waals surface area (Å²) in [6.45, 7) is 5.03. The van der Waals surface area contributed by atoms with Crippen LogP contribution in [0, 0.1) is 5.82 Å². The summed E-state index contributed by atoms with van der Waals surface area (Å²) < 4.78 is 41.8. The van der Waals surface area contributed by atoms with Crippen molar-refractivity contribution in [1.82, 2.24) is 14.5 Å². The van der Waals surface area contributed by atoms with E-state index in [9.17, 15) is 22.4 Å². The normalized spacial score (nSPS) is 12.7. The molecule has 4 aromatic rings. The maximum Gasteiger partial charge on any atom is 0.243 e. The fraction of sp³-hybridized carbons (Fsp3) is 0.273. The molecule has 220 valence electrons. The number of hydrogen-bond acceptors (Lipinski definition) is 4. The number of nitrogens with one attached hydrogen (secondary N) is 1. The van der Waals surface area contributed by atoms with E-state index < -0.39 is 39.9 Å². The Labute approximate surface area is 247 Å². The van der Waals surface area contributed by atoms with Crippen molar-refractivity contribution in [3.8, 4) is 0 Å². The molecule has 0 bridgehead atoms. The highest BCUT2D eigenvalue weighted by atomic mass is 32.2. The van der Waals surface area contributed by atoms with Gasteiger partial charge in [0, 0.05) is 25.6 Å². The lowest BCUT2D eigenvalue weighted by molar-refractivity contribution is -0.141. The predicted molar refractivity (Wildman–Crippen MR) is 163 cm³/mol. The summed E-state index contributed by atoms with van der Waals surface area (Å²) in [6.07, 6.45) is 0.205. The van der Waals surface area contributed by atoms with E-state index in [1.165, 1.54) is 30.1 Å². The van der Waals surface area contributed by atoms with Gasteiger partial charge < -0.3 is 10.2 Å². The highest BCUT2D eigenvalue weighted by Crippen LogP contribution is 2.22. The van der Waals surface area contributed by atoms with Gasteiger partial charge in [0.1, 0.15) is 11.9 Å². The number of sulfonamides is 1. The quantitative estimate of drug-likeness (QED) is 0.277. The van der Waals surface area contributed by atoms with Gasteiger partial charge in [0.2, 0.25) is 21.8 Å². The SMILES string of the molecule is CN(CC(=O)N(Cc1ccc(F)cc1)[C@@H](Cc1ccccc1)C(=O)NC(C)(C)C)S(=O)(=O)c1ccc2ccccc2c1. The second-order valence-electron chi connectivity index (χ2n) is 11.4. The van der Waals surface area contributed by atoms with Gasteiger partial charge in [-0.2, -0.15) is 4.31 Å². The summed E-state index contributed by atoms with van der Waals surface area (Å²) in [5, 5.41) is 4.63. The Hall–Kier alpha value is -4.08. The minimum atomic E-state index is -4.04. The zero-order chi connectivity index (χ0) is 30.5. The third-order valence-corrected chi connectivity index (χ3v) is 8.62. The van der Waals surface area contributed by atoms with E-state index in [1.54, 1.807) is 24.3 Å². The van der Waals surface area contributed by atoms with Gasteiger partial charge in [-0.15, -0.1) is 0 Å². The summed E-state index contributed by atoms with van der Waals surface area (Å²) in [4.78, 5) is 29.1. The Kier molecular flexibility index (Phi) is 9.43. The molecule has 1 N–H and O–H groups in total. The molecule has 9 heteroatoms. The van der Waals surface area contributed by atoms with E-state index in [-0.39, 0.29) is 23.8 Å². The molecule has 0 saturated heterocycles. The number of hydrogen-bond donors (Lipinski definition) is 1. The third kappa shape index (κ3) is 7.80. The van der Waals surface area contributed by atoms with E-state index in [4.69, 9.17) is 0 Å². The van der Waals surface area contributed by atoms with Crippen LogP contribution in [0.3, 0.4) is 0 Å². The van der Waals surface area contributed by atoms with Crippen molar-refractivity contribution in [2.45, 2.75) is 50.2 Å². The van der Waals surface area contributed by atoms with Gasteiger partial charge in [0.15, 0.2) is 0 Å². The Morgan fingerprint density at radius 3 is 2.10 bits per heavy atom. The minimum absolute atomic E-state index is 0.0158. The molecule has 0 saturated carbocycles. The highest BCUT2D eigenvalue weighted by Gasteiger charge is 2.34. The summed E-state index contributed by atoms with van der Waals surface area (Å²) in [5.41, 5.74) is 0.860. The lowest BCUT2D eigenvalue weighted by Gasteiger charge is -2.34. The van der Waals surface area contributed by atoms with Gasteiger partial charge in [-0.1, -0.05) is 72.8 Å². The molecule has 0 aliphatic carbocycles. The molecule has 4 aromatic carbocycles. The number of benzene rings is 4. The minimum Gasteiger partial charge on any atom is -0.350 e. The van der Waals surface area contributed by atoms with Gasteiger partial charge in [-0.3, -0.25) is 9.59 Å². The number of likely N-dealkylation sites (N-methyl/N-ethyl adjacent to an activating group) is 1. The van der Waals surface area contributed by atoms with Gasteiger partial charge in [-0.05, 0) is 66.9 Å². The zero-order valence-corrected chi connectivity index (χ0v) is 25.1. The molecule has 4 rings (SSSR count). The summed E-state index contributed by atoms with van der Waals surface area (Å²) in [5.74, 6) is -1.36. The van der Waals surface area contributed by atoms with Gasteiger partial charge in [0.25, 0.3) is 0 Å². The first-order chi connectivity index (χ1) is 19.8. The van der Waals surface area contributed by atoms with Crippen LogP contribution in [0.4, 0.5) is 4.39 Å². The fourth-order valence-corrected chi connectivity index (χ4v) is 5.82. The van der Waals surface area contributed by atoms with E-state index >= 15 is 0 Å². The molecule has 0 aliphatic rings. The number of rotatable bonds is 10. The van der Waals surface area contributed by atoms with Crippen molar-refractivity contribution < 1.29 is 22.4 Å². The van der Waals surface area contributed by atoms with E-state index in [1.807, 2.05) is 75.4 Å². The average Bonchev–Trinajstić information content (AvgIpc) is 2.95. The average molecular weight is 590 g/mol. The summed E-state index contributed by atoms with van der Waals surface area (Å²) in [7, 11) is -2.69. The molecule has 42 heavy (non-hydrogen) atoms. The van der Waals surface area contributed by atoms with Gasteiger partial charge in [-0.25, -0.2) is 12.8 Å². The van der Waals surface area contributed by atoms with E-state index in [2.05, 4.69) is 5.32 Å². The van der Waals surface area contributed by atoms with E-state index in [0.717, 1.165) is 20.6 Å². The molecule has 0 fully saturated rings. The molecule has 0 aliphatic heterocycles. The van der Waals surface area contributed by atoms with Crippen LogP contribution in [0.15, 0.2) is 102 Å². The summed E-state index contributed by atoms with van der Waals surface area (Å²) in [6, 6.07) is 26.3. The first kappa shape index (κ1) is 30.9. The number of fused-ring (bicyclic) bond motifs is 1. The molecule has 0 radical (unpaired) electrons. The maximum absolute atomic E-state index is 14.0. The molecular weight excluding hydrogens is 553 g/mol. The standard InChI is InChI=1S/C33H36FN3O4S/c1-33(2,3)35-32(39)30(20-24-10-6-5-7-11-24)37(22-25-14-17-28(34)18-15-25)31(38)23-36(4)42(40,41)29-19-16-26-12-8-9-13-27(26)21-29/h5-19,21,30H,20,22-23H2,1-4H3,(H,35,39)/t30-/m0/s1. The van der Waals surface area contributed by atoms with Crippen LogP contribution in [0.5, 0.6) is 0 Å². The Balaban J connectivity index is 1.68. The third-order valence-electron chi connectivity index (χ3n) is 6.82. The van der Waals surface area contributed by atoms with Crippen molar-refractivity contribution in [3.63, 3.8) is 0 Å². The number of carbonyl (C=O) groups excluding carboxylic acids is 2. The molecule has 1 atom stereocenters. The first-order valence-corrected chi connectivity index (χ1v) is 15.1. The van der Waals surface area contributed by atoms with Crippen LogP contribution in [0.2, 0.25) is 0 Å². The van der Waals surface area contributed by atoms with Crippen molar-refractivity contribution in [3.05, 3.63) is 114 Å². The fourth-order valence-electron chi connectivity index (χ4n) is 4.67. The van der Waals surface area contributed by atoms with Crippen LogP contribution in [0.1, 0.15) is 31.9 Å². The lowest BCUT2D eigenvalue weighted by atomic mass is 10.0. The van der Waals surface area contributed by atoms with Crippen molar-refractivity contribution in [2.24, 2.45) is 0 Å². The van der Waals surface area contributed by atoms with E-state index in [0.29, 0.717) is 5.56 Å². The molecule has 0 aromatic heterocycles. The maximum atomic E-state index is 14.0. The monoisotopic (exact) mass is 589 g/mol. The molecule has 2 amide bonds. The molecule has 7 nitrogen and oxygen atoms in total. The Morgan fingerprint density at radius 1 is 0.833 bits per heavy atom. The Bertz CT molecular complexity index is 1650. The molecule has 0 spiro atoms. The van der Waals surface area contributed by atoms with Crippen LogP contribution >= 0.6 is 0 Å². The zero-order valence-electron chi connectivity index (χ0n) is 24.2. The molecule has 0 unspecified atom stereocenters. The second kappa shape index (κ2) is 12.8. The topological polar surface area (TPSA) is 86.8 Å². The first-order valence-electron chi connectivity index (χ1n) is 13.7. The van der Waals surface area contributed by atoms with Crippen LogP contribution in [-0.4, -0.2) is 54.6 Å². The molecule has 0 heterocycles. The number of carbonyl (C=O) groups is 2. The largest absolute Gasteiger partial charge is 0.350 e. The smallest absolute Gasteiger partial charge is 0.243 e. The lowest BCUT2D eigenvalue weighted by Crippen LogP contribution is -2.56. The van der Waals surface area contributed by atoms with Crippen LogP contribution in [-0.2, 0) is 32.6 Å². The number of halogens is 1. The number of amides is 2. The second-order valence-corrected chi connectivity index (χ2v) is 13.4. The predicted octanol–water partition coefficient (Wildman–Crippen LogP) is 5.15. The van der Waals surface area contributed by atoms with Crippen LogP contribution < -0.4 is 5.32 Å². The molecular formula is C33H36FN3O4S. The van der Waals surface area contributed by atoms with Gasteiger partial charge >= 0.3 is 0 Å². The summed E-state index contributed by atoms with van der Waals surface area (Å²) >= 11 is 0. The van der Waals surface area contributed by atoms with Crippen LogP contribution in [0.25, 0.3) is 10.8 Å². The highest BCUT2D eigenvalue weighted by molar-refractivity contribution is 7.89. The Morgan fingerprint density at radius 2 is 1.45 bits per heavy atom. The van der Waals surface area contributed by atoms with Crippen molar-refractivity contribution >= 4 is 32.6 Å². The van der Waals surface area contributed by atoms with Crippen molar-refractivity contribution in [1.29, 1.82) is 0 Å². The van der Waals surface area contributed by atoms with Gasteiger partial charge in [0.05, 0.1) is 11.4 Å². The number of nitrogens with zero attached hydrogens (tertiary/aromatic N) is 2. The van der Waals surface area contributed by atoms with Crippen molar-refractivity contribution in [2.75, 3.05) is 13.6 Å².